The third kappa shape index (κ3) is 1.99. The summed E-state index contributed by atoms with van der Waals surface area (Å²) in [5, 5.41) is 3.22. The van der Waals surface area contributed by atoms with Crippen LogP contribution in [0.15, 0.2) is 0 Å². The fraction of sp³-hybridized carbons (Fsp3) is 0.929. The van der Waals surface area contributed by atoms with Crippen molar-refractivity contribution >= 4 is 5.91 Å². The molecule has 17 heavy (non-hydrogen) atoms. The highest BCUT2D eigenvalue weighted by molar-refractivity contribution is 5.80. The van der Waals surface area contributed by atoms with Gasteiger partial charge in [0.15, 0.2) is 0 Å². The topological polar surface area (TPSA) is 55.1 Å². The molecule has 0 spiro atoms. The van der Waals surface area contributed by atoms with E-state index in [-0.39, 0.29) is 28.7 Å². The van der Waals surface area contributed by atoms with Crippen molar-refractivity contribution in [3.63, 3.8) is 0 Å². The van der Waals surface area contributed by atoms with Crippen LogP contribution in [-0.4, -0.2) is 18.0 Å². The summed E-state index contributed by atoms with van der Waals surface area (Å²) in [6, 6.07) is 0.366. The van der Waals surface area contributed by atoms with E-state index in [2.05, 4.69) is 33.0 Å². The van der Waals surface area contributed by atoms with Crippen LogP contribution in [0.25, 0.3) is 0 Å². The second-order valence-electron chi connectivity index (χ2n) is 6.94. The minimum Gasteiger partial charge on any atom is -0.352 e. The molecular weight excluding hydrogens is 212 g/mol. The highest BCUT2D eigenvalue weighted by Gasteiger charge is 2.65. The van der Waals surface area contributed by atoms with Gasteiger partial charge >= 0.3 is 0 Å². The van der Waals surface area contributed by atoms with Crippen LogP contribution >= 0.6 is 0 Å². The van der Waals surface area contributed by atoms with Crippen LogP contribution in [0.1, 0.15) is 53.4 Å². The summed E-state index contributed by atoms with van der Waals surface area (Å²) < 4.78 is 0. The molecule has 1 amide bonds. The molecule has 0 aliphatic heterocycles. The molecule has 2 unspecified atom stereocenters. The van der Waals surface area contributed by atoms with Gasteiger partial charge in [0.1, 0.15) is 0 Å². The SMILES string of the molecule is CC1(C)C(NC(=O)C2CCCCC2N)C1(C)C. The molecule has 3 heteroatoms. The maximum Gasteiger partial charge on any atom is 0.224 e. The zero-order valence-corrected chi connectivity index (χ0v) is 11.5. The highest BCUT2D eigenvalue weighted by Crippen LogP contribution is 2.62. The van der Waals surface area contributed by atoms with E-state index in [1.807, 2.05) is 0 Å². The minimum atomic E-state index is 0.0379. The van der Waals surface area contributed by atoms with Gasteiger partial charge in [-0.05, 0) is 23.7 Å². The van der Waals surface area contributed by atoms with Crippen molar-refractivity contribution in [2.24, 2.45) is 22.5 Å². The number of carbonyl (C=O) groups is 1. The second-order valence-corrected chi connectivity index (χ2v) is 6.94. The molecule has 98 valence electrons. The average molecular weight is 238 g/mol. The lowest BCUT2D eigenvalue weighted by molar-refractivity contribution is -0.126. The van der Waals surface area contributed by atoms with Gasteiger partial charge in [-0.15, -0.1) is 0 Å². The van der Waals surface area contributed by atoms with E-state index in [1.165, 1.54) is 6.42 Å². The van der Waals surface area contributed by atoms with Gasteiger partial charge in [0.05, 0.1) is 5.92 Å². The summed E-state index contributed by atoms with van der Waals surface area (Å²) in [5.74, 6) is 0.219. The van der Waals surface area contributed by atoms with Gasteiger partial charge in [-0.1, -0.05) is 40.5 Å². The molecule has 2 fully saturated rings. The van der Waals surface area contributed by atoms with E-state index in [0.717, 1.165) is 19.3 Å². The third-order valence-electron chi connectivity index (χ3n) is 5.46. The number of carbonyl (C=O) groups excluding carboxylic acids is 1. The molecule has 0 heterocycles. The maximum absolute atomic E-state index is 12.2. The summed E-state index contributed by atoms with van der Waals surface area (Å²) in [4.78, 5) is 12.2. The molecule has 2 aliphatic carbocycles. The first kappa shape index (κ1) is 12.9. The molecule has 3 nitrogen and oxygen atoms in total. The summed E-state index contributed by atoms with van der Waals surface area (Å²) in [6.45, 7) is 8.88. The predicted molar refractivity (Wildman–Crippen MR) is 69.4 cm³/mol. The molecule has 2 atom stereocenters. The predicted octanol–water partition coefficient (Wildman–Crippen LogP) is 2.05. The van der Waals surface area contributed by atoms with Gasteiger partial charge in [0.2, 0.25) is 5.91 Å². The molecule has 0 aromatic carbocycles. The normalized spacial score (nSPS) is 35.4. The quantitative estimate of drug-likeness (QED) is 0.773. The van der Waals surface area contributed by atoms with Crippen molar-refractivity contribution in [1.29, 1.82) is 0 Å². The molecule has 3 N–H and O–H groups in total. The van der Waals surface area contributed by atoms with E-state index < -0.39 is 0 Å². The third-order valence-corrected chi connectivity index (χ3v) is 5.46. The van der Waals surface area contributed by atoms with Gasteiger partial charge in [-0.3, -0.25) is 4.79 Å². The summed E-state index contributed by atoms with van der Waals surface area (Å²) in [7, 11) is 0. The first-order valence-electron chi connectivity index (χ1n) is 6.84. The van der Waals surface area contributed by atoms with Crippen LogP contribution in [0, 0.1) is 16.7 Å². The molecule has 0 bridgehead atoms. The number of rotatable bonds is 2. The standard InChI is InChI=1S/C14H26N2O/c1-13(2)12(14(13,3)4)16-11(17)9-7-5-6-8-10(9)15/h9-10,12H,5-8,15H2,1-4H3,(H,16,17). The van der Waals surface area contributed by atoms with Crippen LogP contribution < -0.4 is 11.1 Å². The van der Waals surface area contributed by atoms with Gasteiger partial charge in [0, 0.05) is 12.1 Å². The Labute approximate surface area is 105 Å². The van der Waals surface area contributed by atoms with Crippen molar-refractivity contribution in [2.45, 2.75) is 65.5 Å². The average Bonchev–Trinajstić information content (AvgIpc) is 2.61. The molecular formula is C14H26N2O. The second kappa shape index (κ2) is 3.98. The van der Waals surface area contributed by atoms with Crippen LogP contribution in [0.4, 0.5) is 0 Å². The zero-order valence-electron chi connectivity index (χ0n) is 11.5. The molecule has 0 radical (unpaired) electrons. The minimum absolute atomic E-state index is 0.0379. The number of hydrogen-bond acceptors (Lipinski definition) is 2. The molecule has 2 rings (SSSR count). The Morgan fingerprint density at radius 1 is 1.12 bits per heavy atom. The number of nitrogens with two attached hydrogens (primary N) is 1. The molecule has 2 saturated carbocycles. The molecule has 0 saturated heterocycles. The molecule has 0 aromatic heterocycles. The van der Waals surface area contributed by atoms with Crippen LogP contribution in [0.2, 0.25) is 0 Å². The first-order valence-corrected chi connectivity index (χ1v) is 6.84. The van der Waals surface area contributed by atoms with Gasteiger partial charge < -0.3 is 11.1 Å². The highest BCUT2D eigenvalue weighted by atomic mass is 16.2. The van der Waals surface area contributed by atoms with Gasteiger partial charge in [0.25, 0.3) is 0 Å². The Hall–Kier alpha value is -0.570. The largest absolute Gasteiger partial charge is 0.352 e. The van der Waals surface area contributed by atoms with Gasteiger partial charge in [-0.2, -0.15) is 0 Å². The number of hydrogen-bond donors (Lipinski definition) is 2. The Kier molecular flexibility index (Phi) is 3.01. The van der Waals surface area contributed by atoms with Crippen LogP contribution in [0.3, 0.4) is 0 Å². The number of nitrogens with one attached hydrogen (secondary N) is 1. The van der Waals surface area contributed by atoms with Crippen LogP contribution in [-0.2, 0) is 4.79 Å². The van der Waals surface area contributed by atoms with E-state index in [9.17, 15) is 4.79 Å². The van der Waals surface area contributed by atoms with Crippen molar-refractivity contribution in [1.82, 2.24) is 5.32 Å². The van der Waals surface area contributed by atoms with E-state index in [0.29, 0.717) is 6.04 Å². The van der Waals surface area contributed by atoms with Crippen molar-refractivity contribution in [3.8, 4) is 0 Å². The Morgan fingerprint density at radius 3 is 2.12 bits per heavy atom. The first-order chi connectivity index (χ1) is 7.78. The van der Waals surface area contributed by atoms with E-state index >= 15 is 0 Å². The fourth-order valence-corrected chi connectivity index (χ4v) is 3.29. The summed E-state index contributed by atoms with van der Waals surface area (Å²) in [6.07, 6.45) is 4.27. The Balaban J connectivity index is 1.94. The zero-order chi connectivity index (χ0) is 12.8. The maximum atomic E-state index is 12.2. The van der Waals surface area contributed by atoms with E-state index in [1.54, 1.807) is 0 Å². The molecule has 2 aliphatic rings. The summed E-state index contributed by atoms with van der Waals surface area (Å²) in [5.41, 5.74) is 6.47. The summed E-state index contributed by atoms with van der Waals surface area (Å²) >= 11 is 0. The van der Waals surface area contributed by atoms with E-state index in [4.69, 9.17) is 5.73 Å². The van der Waals surface area contributed by atoms with Gasteiger partial charge in [-0.25, -0.2) is 0 Å². The lowest BCUT2D eigenvalue weighted by atomic mass is 9.84. The monoisotopic (exact) mass is 238 g/mol. The lowest BCUT2D eigenvalue weighted by Gasteiger charge is -2.27. The van der Waals surface area contributed by atoms with Crippen molar-refractivity contribution in [3.05, 3.63) is 0 Å². The molecule has 0 aromatic rings. The lowest BCUT2D eigenvalue weighted by Crippen LogP contribution is -2.45. The Morgan fingerprint density at radius 2 is 1.65 bits per heavy atom. The fourth-order valence-electron chi connectivity index (χ4n) is 3.29. The van der Waals surface area contributed by atoms with Crippen molar-refractivity contribution in [2.75, 3.05) is 0 Å². The Bertz CT molecular complexity index is 308. The number of amides is 1. The van der Waals surface area contributed by atoms with Crippen LogP contribution in [0.5, 0.6) is 0 Å². The van der Waals surface area contributed by atoms with Crippen molar-refractivity contribution < 1.29 is 4.79 Å². The smallest absolute Gasteiger partial charge is 0.224 e.